The Balaban J connectivity index is 1.58. The molecule has 2 atom stereocenters. The third-order valence-corrected chi connectivity index (χ3v) is 5.68. The number of benzene rings is 1. The number of carbonyl (C=O) groups is 2. The van der Waals surface area contributed by atoms with Crippen molar-refractivity contribution < 1.29 is 9.59 Å². The molecule has 0 aromatic heterocycles. The van der Waals surface area contributed by atoms with Gasteiger partial charge in [-0.15, -0.1) is 0 Å². The second kappa shape index (κ2) is 9.33. The summed E-state index contributed by atoms with van der Waals surface area (Å²) in [6, 6.07) is 5.79. The van der Waals surface area contributed by atoms with Gasteiger partial charge in [0.05, 0.1) is 6.54 Å². The Morgan fingerprint density at radius 1 is 1.11 bits per heavy atom. The van der Waals surface area contributed by atoms with Gasteiger partial charge < -0.3 is 16.4 Å². The summed E-state index contributed by atoms with van der Waals surface area (Å²) in [4.78, 5) is 27.1. The molecule has 3 rings (SSSR count). The summed E-state index contributed by atoms with van der Waals surface area (Å²) in [5, 5.41) is 6.00. The molecule has 1 saturated carbocycles. The van der Waals surface area contributed by atoms with Crippen LogP contribution in [0.4, 0.5) is 11.4 Å². The van der Waals surface area contributed by atoms with Crippen LogP contribution >= 0.6 is 0 Å². The quantitative estimate of drug-likeness (QED) is 0.742. The fourth-order valence-electron chi connectivity index (χ4n) is 4.05. The molecule has 1 aliphatic carbocycles. The van der Waals surface area contributed by atoms with E-state index in [0.717, 1.165) is 55.7 Å². The third-order valence-electron chi connectivity index (χ3n) is 5.68. The topological polar surface area (TPSA) is 87.5 Å². The number of amides is 2. The minimum Gasteiger partial charge on any atom is -0.328 e. The van der Waals surface area contributed by atoms with Gasteiger partial charge in [-0.05, 0) is 69.8 Å². The predicted octanol–water partition coefficient (Wildman–Crippen LogP) is 2.88. The second-order valence-electron chi connectivity index (χ2n) is 8.03. The Morgan fingerprint density at radius 3 is 2.63 bits per heavy atom. The molecule has 27 heavy (non-hydrogen) atoms. The summed E-state index contributed by atoms with van der Waals surface area (Å²) in [6.45, 7) is 4.37. The number of aryl methyl sites for hydroxylation is 1. The Labute approximate surface area is 161 Å². The Bertz CT molecular complexity index is 670. The number of hydrogen-bond acceptors (Lipinski definition) is 4. The molecule has 1 saturated heterocycles. The van der Waals surface area contributed by atoms with Crippen molar-refractivity contribution in [2.45, 2.75) is 57.9 Å². The maximum atomic E-state index is 12.5. The Hall–Kier alpha value is -1.92. The van der Waals surface area contributed by atoms with Crippen molar-refractivity contribution in [1.29, 1.82) is 0 Å². The van der Waals surface area contributed by atoms with E-state index in [-0.39, 0.29) is 23.8 Å². The minimum absolute atomic E-state index is 0.00160. The molecule has 1 aliphatic heterocycles. The van der Waals surface area contributed by atoms with Crippen molar-refractivity contribution in [3.05, 3.63) is 23.8 Å². The van der Waals surface area contributed by atoms with Gasteiger partial charge in [0.2, 0.25) is 11.8 Å². The van der Waals surface area contributed by atoms with Crippen molar-refractivity contribution >= 4 is 23.2 Å². The second-order valence-corrected chi connectivity index (χ2v) is 8.03. The number of piperidine rings is 1. The first-order chi connectivity index (χ1) is 13.0. The molecular formula is C21H32N4O2. The first-order valence-electron chi connectivity index (χ1n) is 10.2. The summed E-state index contributed by atoms with van der Waals surface area (Å²) >= 11 is 0. The molecule has 6 heteroatoms. The van der Waals surface area contributed by atoms with Gasteiger partial charge in [0.1, 0.15) is 0 Å². The number of nitrogens with zero attached hydrogens (tertiary/aromatic N) is 1. The molecule has 0 spiro atoms. The molecule has 6 nitrogen and oxygen atoms in total. The van der Waals surface area contributed by atoms with E-state index in [9.17, 15) is 9.59 Å². The van der Waals surface area contributed by atoms with Crippen LogP contribution in [0.2, 0.25) is 0 Å². The summed E-state index contributed by atoms with van der Waals surface area (Å²) in [6.07, 6.45) is 7.23. The third kappa shape index (κ3) is 5.78. The zero-order chi connectivity index (χ0) is 19.2. The van der Waals surface area contributed by atoms with E-state index < -0.39 is 0 Å². The van der Waals surface area contributed by atoms with Crippen LogP contribution in [0.15, 0.2) is 18.2 Å². The average Bonchev–Trinajstić information content (AvgIpc) is 2.65. The van der Waals surface area contributed by atoms with Crippen LogP contribution in [0, 0.1) is 12.8 Å². The van der Waals surface area contributed by atoms with Crippen LogP contribution in [-0.2, 0) is 9.59 Å². The molecule has 2 unspecified atom stereocenters. The molecule has 2 aliphatic rings. The van der Waals surface area contributed by atoms with Gasteiger partial charge in [0, 0.05) is 23.3 Å². The fourth-order valence-corrected chi connectivity index (χ4v) is 4.05. The summed E-state index contributed by atoms with van der Waals surface area (Å²) in [7, 11) is 0. The SMILES string of the molecule is Cc1ccc(NC(=O)C2CCCC(N)C2)cc1NC(=O)CN1CCCCC1. The van der Waals surface area contributed by atoms with Crippen LogP contribution in [0.25, 0.3) is 0 Å². The lowest BCUT2D eigenvalue weighted by atomic mass is 9.85. The van der Waals surface area contributed by atoms with Gasteiger partial charge in [0.25, 0.3) is 0 Å². The zero-order valence-corrected chi connectivity index (χ0v) is 16.3. The molecule has 0 radical (unpaired) electrons. The Morgan fingerprint density at radius 2 is 1.89 bits per heavy atom. The fraction of sp³-hybridized carbons (Fsp3) is 0.619. The number of hydrogen-bond donors (Lipinski definition) is 3. The van der Waals surface area contributed by atoms with Gasteiger partial charge in [0.15, 0.2) is 0 Å². The number of nitrogens with two attached hydrogens (primary N) is 1. The lowest BCUT2D eigenvalue weighted by Crippen LogP contribution is -2.37. The van der Waals surface area contributed by atoms with E-state index >= 15 is 0 Å². The minimum atomic E-state index is -0.0211. The van der Waals surface area contributed by atoms with Crippen LogP contribution < -0.4 is 16.4 Å². The van der Waals surface area contributed by atoms with Gasteiger partial charge in [-0.2, -0.15) is 0 Å². The number of anilines is 2. The highest BCUT2D eigenvalue weighted by atomic mass is 16.2. The largest absolute Gasteiger partial charge is 0.328 e. The van der Waals surface area contributed by atoms with Crippen LogP contribution in [0.3, 0.4) is 0 Å². The molecule has 148 valence electrons. The molecule has 2 fully saturated rings. The van der Waals surface area contributed by atoms with Crippen LogP contribution in [-0.4, -0.2) is 42.4 Å². The van der Waals surface area contributed by atoms with E-state index in [0.29, 0.717) is 6.54 Å². The highest BCUT2D eigenvalue weighted by molar-refractivity contribution is 5.96. The van der Waals surface area contributed by atoms with Crippen molar-refractivity contribution in [2.24, 2.45) is 11.7 Å². The smallest absolute Gasteiger partial charge is 0.238 e. The van der Waals surface area contributed by atoms with Gasteiger partial charge in [-0.25, -0.2) is 0 Å². The maximum absolute atomic E-state index is 12.5. The summed E-state index contributed by atoms with van der Waals surface area (Å²) in [5.41, 5.74) is 8.47. The number of carbonyl (C=O) groups excluding carboxylic acids is 2. The van der Waals surface area contributed by atoms with Crippen LogP contribution in [0.5, 0.6) is 0 Å². The van der Waals surface area contributed by atoms with Gasteiger partial charge in [-0.3, -0.25) is 14.5 Å². The molecule has 1 aromatic carbocycles. The summed E-state index contributed by atoms with van der Waals surface area (Å²) in [5.74, 6) is 0.00789. The lowest BCUT2D eigenvalue weighted by Gasteiger charge is -2.26. The predicted molar refractivity (Wildman–Crippen MR) is 109 cm³/mol. The highest BCUT2D eigenvalue weighted by Gasteiger charge is 2.25. The van der Waals surface area contributed by atoms with E-state index in [1.165, 1.54) is 19.3 Å². The van der Waals surface area contributed by atoms with Crippen molar-refractivity contribution in [1.82, 2.24) is 4.90 Å². The van der Waals surface area contributed by atoms with Gasteiger partial charge in [-0.1, -0.05) is 18.9 Å². The molecule has 2 amide bonds. The van der Waals surface area contributed by atoms with Crippen LogP contribution in [0.1, 0.15) is 50.5 Å². The first-order valence-corrected chi connectivity index (χ1v) is 10.2. The lowest BCUT2D eigenvalue weighted by molar-refractivity contribution is -0.121. The maximum Gasteiger partial charge on any atom is 0.238 e. The van der Waals surface area contributed by atoms with E-state index in [4.69, 9.17) is 5.73 Å². The molecule has 1 heterocycles. The molecule has 1 aromatic rings. The standard InChI is InChI=1S/C21H32N4O2/c1-15-8-9-18(23-21(27)16-6-5-7-17(22)12-16)13-19(15)24-20(26)14-25-10-3-2-4-11-25/h8-9,13,16-17H,2-7,10-12,14,22H2,1H3,(H,23,27)(H,24,26). The van der Waals surface area contributed by atoms with Crippen molar-refractivity contribution in [2.75, 3.05) is 30.3 Å². The van der Waals surface area contributed by atoms with Gasteiger partial charge >= 0.3 is 0 Å². The van der Waals surface area contributed by atoms with E-state index in [1.54, 1.807) is 0 Å². The van der Waals surface area contributed by atoms with E-state index in [2.05, 4.69) is 15.5 Å². The monoisotopic (exact) mass is 372 g/mol. The first kappa shape index (κ1) is 19.8. The molecular weight excluding hydrogens is 340 g/mol. The summed E-state index contributed by atoms with van der Waals surface area (Å²) < 4.78 is 0. The number of nitrogens with one attached hydrogen (secondary N) is 2. The number of likely N-dealkylation sites (tertiary alicyclic amines) is 1. The molecule has 4 N–H and O–H groups in total. The normalized spacial score (nSPS) is 23.6. The van der Waals surface area contributed by atoms with Crippen molar-refractivity contribution in [3.63, 3.8) is 0 Å². The highest BCUT2D eigenvalue weighted by Crippen LogP contribution is 2.26. The molecule has 0 bridgehead atoms. The Kier molecular flexibility index (Phi) is 6.85. The zero-order valence-electron chi connectivity index (χ0n) is 16.3. The number of rotatable bonds is 5. The van der Waals surface area contributed by atoms with Crippen molar-refractivity contribution in [3.8, 4) is 0 Å². The average molecular weight is 373 g/mol. The van der Waals surface area contributed by atoms with E-state index in [1.807, 2.05) is 25.1 Å².